The lowest BCUT2D eigenvalue weighted by Crippen LogP contribution is -2.09. The topological polar surface area (TPSA) is 68.3 Å². The molecule has 0 aliphatic heterocycles. The second-order valence-electron chi connectivity index (χ2n) is 5.07. The lowest BCUT2D eigenvalue weighted by molar-refractivity contribution is 0.269. The molecule has 128 valence electrons. The quantitative estimate of drug-likeness (QED) is 0.440. The first-order valence-electron chi connectivity index (χ1n) is 7.59. The maximum atomic E-state index is 9.09. The van der Waals surface area contributed by atoms with E-state index in [0.29, 0.717) is 35.3 Å². The minimum atomic E-state index is 0.0287. The molecule has 0 unspecified atom stereocenters. The van der Waals surface area contributed by atoms with Gasteiger partial charge in [0.2, 0.25) is 0 Å². The fraction of sp³-hybridized carbons (Fsp3) is 0.158. The smallest absolute Gasteiger partial charge is 0.180 e. The van der Waals surface area contributed by atoms with Crippen molar-refractivity contribution in [2.24, 2.45) is 5.73 Å². The van der Waals surface area contributed by atoms with E-state index in [1.54, 1.807) is 18.2 Å². The molecule has 0 atom stereocenters. The molecule has 6 heteroatoms. The maximum absolute atomic E-state index is 9.09. The van der Waals surface area contributed by atoms with E-state index in [1.165, 1.54) is 0 Å². The number of nitrogens with zero attached hydrogens (tertiary/aromatic N) is 1. The molecule has 0 amide bonds. The van der Waals surface area contributed by atoms with Crippen molar-refractivity contribution in [3.8, 4) is 17.6 Å². The van der Waals surface area contributed by atoms with Crippen LogP contribution in [0.1, 0.15) is 18.1 Å². The number of thiocarbonyl (C=S) groups is 1. The lowest BCUT2D eigenvalue weighted by Gasteiger charge is -2.14. The largest absolute Gasteiger partial charge is 0.490 e. The van der Waals surface area contributed by atoms with Crippen LogP contribution in [0.3, 0.4) is 0 Å². The Kier molecular flexibility index (Phi) is 6.81. The summed E-state index contributed by atoms with van der Waals surface area (Å²) < 4.78 is 11.5. The summed E-state index contributed by atoms with van der Waals surface area (Å²) in [6.45, 7) is 2.69. The minimum absolute atomic E-state index is 0.0287. The molecule has 0 radical (unpaired) electrons. The highest BCUT2D eigenvalue weighted by molar-refractivity contribution is 7.80. The summed E-state index contributed by atoms with van der Waals surface area (Å²) in [7, 11) is 0. The number of ether oxygens (including phenoxy) is 2. The number of nitriles is 1. The van der Waals surface area contributed by atoms with Crippen molar-refractivity contribution in [2.45, 2.75) is 13.5 Å². The summed E-state index contributed by atoms with van der Waals surface area (Å²) in [5.41, 5.74) is 7.40. The van der Waals surface area contributed by atoms with Gasteiger partial charge in [-0.25, -0.2) is 0 Å². The SMILES string of the molecule is CCOc1cc(C=C(C#N)C(N)=S)cc(Cl)c1OCc1ccccc1. The molecular weight excluding hydrogens is 356 g/mol. The van der Waals surface area contributed by atoms with Gasteiger partial charge in [0.25, 0.3) is 0 Å². The van der Waals surface area contributed by atoms with E-state index >= 15 is 0 Å². The van der Waals surface area contributed by atoms with Crippen molar-refractivity contribution in [3.63, 3.8) is 0 Å². The van der Waals surface area contributed by atoms with Crippen LogP contribution in [0.2, 0.25) is 5.02 Å². The number of benzene rings is 2. The highest BCUT2D eigenvalue weighted by Crippen LogP contribution is 2.37. The van der Waals surface area contributed by atoms with Crippen molar-refractivity contribution in [1.82, 2.24) is 0 Å². The van der Waals surface area contributed by atoms with Gasteiger partial charge in [-0.2, -0.15) is 5.26 Å². The lowest BCUT2D eigenvalue weighted by atomic mass is 10.1. The van der Waals surface area contributed by atoms with Crippen molar-refractivity contribution >= 4 is 34.9 Å². The van der Waals surface area contributed by atoms with E-state index < -0.39 is 0 Å². The molecule has 0 aliphatic carbocycles. The Morgan fingerprint density at radius 3 is 2.60 bits per heavy atom. The third kappa shape index (κ3) is 5.21. The van der Waals surface area contributed by atoms with Gasteiger partial charge in [0, 0.05) is 0 Å². The van der Waals surface area contributed by atoms with Gasteiger partial charge >= 0.3 is 0 Å². The second-order valence-corrected chi connectivity index (χ2v) is 5.92. The Hall–Kier alpha value is -2.55. The number of rotatable bonds is 7. The van der Waals surface area contributed by atoms with Crippen LogP contribution in [0.5, 0.6) is 11.5 Å². The zero-order chi connectivity index (χ0) is 18.2. The van der Waals surface area contributed by atoms with Crippen LogP contribution in [-0.2, 0) is 6.61 Å². The molecule has 2 aromatic carbocycles. The molecule has 2 aromatic rings. The van der Waals surface area contributed by atoms with Gasteiger partial charge in [-0.3, -0.25) is 0 Å². The van der Waals surface area contributed by atoms with Crippen LogP contribution < -0.4 is 15.2 Å². The van der Waals surface area contributed by atoms with Crippen LogP contribution in [0, 0.1) is 11.3 Å². The Morgan fingerprint density at radius 2 is 2.00 bits per heavy atom. The van der Waals surface area contributed by atoms with E-state index in [-0.39, 0.29) is 10.6 Å². The van der Waals surface area contributed by atoms with Crippen molar-refractivity contribution in [1.29, 1.82) is 5.26 Å². The van der Waals surface area contributed by atoms with Crippen LogP contribution in [0.25, 0.3) is 6.08 Å². The Balaban J connectivity index is 2.34. The standard InChI is InChI=1S/C19H17ClN2O2S/c1-2-23-17-10-14(8-15(11-21)19(22)25)9-16(20)18(17)24-12-13-6-4-3-5-7-13/h3-10H,2,12H2,1H3,(H2,22,25). The van der Waals surface area contributed by atoms with Gasteiger partial charge in [-0.1, -0.05) is 54.2 Å². The first-order valence-corrected chi connectivity index (χ1v) is 8.38. The molecule has 0 aliphatic rings. The summed E-state index contributed by atoms with van der Waals surface area (Å²) in [6, 6.07) is 15.1. The molecule has 0 aromatic heterocycles. The monoisotopic (exact) mass is 372 g/mol. The normalized spacial score (nSPS) is 10.8. The number of hydrogen-bond acceptors (Lipinski definition) is 4. The summed E-state index contributed by atoms with van der Waals surface area (Å²) in [5, 5.41) is 9.47. The van der Waals surface area contributed by atoms with Gasteiger partial charge in [0.05, 0.1) is 17.2 Å². The van der Waals surface area contributed by atoms with E-state index in [2.05, 4.69) is 0 Å². The van der Waals surface area contributed by atoms with Crippen LogP contribution in [-0.4, -0.2) is 11.6 Å². The van der Waals surface area contributed by atoms with Crippen molar-refractivity contribution in [2.75, 3.05) is 6.61 Å². The second kappa shape index (κ2) is 9.07. The average Bonchev–Trinajstić information content (AvgIpc) is 2.60. The first kappa shape index (κ1) is 18.8. The van der Waals surface area contributed by atoms with E-state index in [1.807, 2.05) is 43.3 Å². The summed E-state index contributed by atoms with van der Waals surface area (Å²) >= 11 is 11.2. The van der Waals surface area contributed by atoms with Crippen LogP contribution in [0.4, 0.5) is 0 Å². The van der Waals surface area contributed by atoms with Gasteiger partial charge in [0.15, 0.2) is 11.5 Å². The molecule has 4 nitrogen and oxygen atoms in total. The number of nitrogens with two attached hydrogens (primary N) is 1. The van der Waals surface area contributed by atoms with Crippen molar-refractivity contribution < 1.29 is 9.47 Å². The highest BCUT2D eigenvalue weighted by atomic mass is 35.5. The van der Waals surface area contributed by atoms with Gasteiger partial charge in [-0.15, -0.1) is 0 Å². The summed E-state index contributed by atoms with van der Waals surface area (Å²) in [4.78, 5) is 0.0287. The van der Waals surface area contributed by atoms with E-state index in [4.69, 9.17) is 44.3 Å². The van der Waals surface area contributed by atoms with Gasteiger partial charge in [0.1, 0.15) is 17.7 Å². The molecule has 0 bridgehead atoms. The molecule has 0 saturated heterocycles. The Bertz CT molecular complexity index is 829. The maximum Gasteiger partial charge on any atom is 0.180 e. The predicted molar refractivity (Wildman–Crippen MR) is 104 cm³/mol. The highest BCUT2D eigenvalue weighted by Gasteiger charge is 2.13. The van der Waals surface area contributed by atoms with E-state index in [0.717, 1.165) is 5.56 Å². The van der Waals surface area contributed by atoms with Crippen molar-refractivity contribution in [3.05, 3.63) is 64.2 Å². The van der Waals surface area contributed by atoms with Crippen LogP contribution in [0.15, 0.2) is 48.0 Å². The van der Waals surface area contributed by atoms with Gasteiger partial charge < -0.3 is 15.2 Å². The van der Waals surface area contributed by atoms with E-state index in [9.17, 15) is 0 Å². The summed E-state index contributed by atoms with van der Waals surface area (Å²) in [5.74, 6) is 0.954. The van der Waals surface area contributed by atoms with Gasteiger partial charge in [-0.05, 0) is 36.3 Å². The molecule has 0 spiro atoms. The first-order chi connectivity index (χ1) is 12.0. The third-order valence-electron chi connectivity index (χ3n) is 3.25. The molecule has 0 fully saturated rings. The molecule has 2 N–H and O–H groups in total. The zero-order valence-electron chi connectivity index (χ0n) is 13.7. The predicted octanol–water partition coefficient (Wildman–Crippen LogP) is 4.51. The average molecular weight is 373 g/mol. The number of halogens is 1. The summed E-state index contributed by atoms with van der Waals surface area (Å²) in [6.07, 6.45) is 1.57. The molecular formula is C19H17ClN2O2S. The Labute approximate surface area is 157 Å². The molecule has 0 saturated carbocycles. The zero-order valence-corrected chi connectivity index (χ0v) is 15.2. The van der Waals surface area contributed by atoms with Crippen LogP contribution >= 0.6 is 23.8 Å². The minimum Gasteiger partial charge on any atom is -0.490 e. The third-order valence-corrected chi connectivity index (χ3v) is 3.76. The fourth-order valence-corrected chi connectivity index (χ4v) is 2.51. The fourth-order valence-electron chi connectivity index (χ4n) is 2.13. The number of hydrogen-bond donors (Lipinski definition) is 1. The molecule has 2 rings (SSSR count). The Morgan fingerprint density at radius 1 is 1.28 bits per heavy atom. The molecule has 25 heavy (non-hydrogen) atoms. The molecule has 0 heterocycles.